The number of hydrogen-bond acceptors (Lipinski definition) is 3. The van der Waals surface area contributed by atoms with Gasteiger partial charge in [-0.3, -0.25) is 0 Å². The maximum absolute atomic E-state index is 10.9. The first kappa shape index (κ1) is 12.2. The fraction of sp³-hybridized carbons (Fsp3) is 0.400. The molecule has 0 saturated carbocycles. The van der Waals surface area contributed by atoms with E-state index in [9.17, 15) is 8.42 Å². The van der Waals surface area contributed by atoms with Gasteiger partial charge < -0.3 is 5.32 Å². The Bertz CT molecular complexity index is 415. The molecule has 0 saturated heterocycles. The summed E-state index contributed by atoms with van der Waals surface area (Å²) >= 11 is 0. The number of benzene rings is 1. The van der Waals surface area contributed by atoms with Gasteiger partial charge in [-0.05, 0) is 17.7 Å². The number of nitrogens with two attached hydrogens (primary N) is 1. The van der Waals surface area contributed by atoms with Gasteiger partial charge in [0.1, 0.15) is 0 Å². The summed E-state index contributed by atoms with van der Waals surface area (Å²) in [6.07, 6.45) is 0. The molecule has 15 heavy (non-hydrogen) atoms. The van der Waals surface area contributed by atoms with E-state index in [-0.39, 0.29) is 5.75 Å². The van der Waals surface area contributed by atoms with Crippen molar-refractivity contribution in [2.24, 2.45) is 5.14 Å². The van der Waals surface area contributed by atoms with Crippen molar-refractivity contribution in [1.82, 2.24) is 5.32 Å². The smallest absolute Gasteiger partial charge is 0.213 e. The first-order chi connectivity index (χ1) is 7.01. The maximum Gasteiger partial charge on any atom is 0.213 e. The summed E-state index contributed by atoms with van der Waals surface area (Å²) in [6.45, 7) is 3.66. The van der Waals surface area contributed by atoms with E-state index < -0.39 is 10.0 Å². The van der Waals surface area contributed by atoms with Crippen LogP contribution in [0.3, 0.4) is 0 Å². The quantitative estimate of drug-likeness (QED) is 0.774. The molecule has 0 aliphatic carbocycles. The Hall–Kier alpha value is -0.910. The standard InChI is InChI=1S/C10H16N2O2S/c1-2-12-7-9-4-3-5-10(6-9)8-15(11,13)14/h3-6,12H,2,7-8H2,1H3,(H2,11,13,14). The minimum absolute atomic E-state index is 0.104. The molecular weight excluding hydrogens is 212 g/mol. The van der Waals surface area contributed by atoms with Crippen LogP contribution in [0.4, 0.5) is 0 Å². The molecule has 4 nitrogen and oxygen atoms in total. The van der Waals surface area contributed by atoms with E-state index in [1.165, 1.54) is 0 Å². The first-order valence-corrected chi connectivity index (χ1v) is 6.52. The average molecular weight is 228 g/mol. The minimum atomic E-state index is -3.43. The van der Waals surface area contributed by atoms with Crippen LogP contribution >= 0.6 is 0 Å². The Morgan fingerprint density at radius 3 is 2.60 bits per heavy atom. The molecule has 0 aromatic heterocycles. The predicted octanol–water partition coefficient (Wildman–Crippen LogP) is 0.585. The van der Waals surface area contributed by atoms with Crippen molar-refractivity contribution in [3.05, 3.63) is 35.4 Å². The molecule has 5 heteroatoms. The van der Waals surface area contributed by atoms with Crippen molar-refractivity contribution >= 4 is 10.0 Å². The molecule has 0 unspecified atom stereocenters. The van der Waals surface area contributed by atoms with E-state index in [1.54, 1.807) is 6.07 Å². The molecule has 0 atom stereocenters. The molecule has 0 bridgehead atoms. The van der Waals surface area contributed by atoms with E-state index >= 15 is 0 Å². The summed E-state index contributed by atoms with van der Waals surface area (Å²) in [5.41, 5.74) is 1.80. The summed E-state index contributed by atoms with van der Waals surface area (Å²) in [5, 5.41) is 8.15. The van der Waals surface area contributed by atoms with E-state index in [0.717, 1.165) is 24.2 Å². The fourth-order valence-corrected chi connectivity index (χ4v) is 1.98. The van der Waals surface area contributed by atoms with Crippen LogP contribution in [-0.4, -0.2) is 15.0 Å². The Labute approximate surface area is 90.5 Å². The van der Waals surface area contributed by atoms with Gasteiger partial charge in [0.05, 0.1) is 5.75 Å². The van der Waals surface area contributed by atoms with Crippen LogP contribution < -0.4 is 10.5 Å². The van der Waals surface area contributed by atoms with Gasteiger partial charge in [-0.25, -0.2) is 13.6 Å². The Kier molecular flexibility index (Phi) is 4.26. The molecule has 1 rings (SSSR count). The number of rotatable bonds is 5. The second kappa shape index (κ2) is 5.25. The third kappa shape index (κ3) is 4.92. The molecule has 3 N–H and O–H groups in total. The molecule has 0 aliphatic rings. The Morgan fingerprint density at radius 2 is 2.00 bits per heavy atom. The average Bonchev–Trinajstić information content (AvgIpc) is 2.12. The second-order valence-electron chi connectivity index (χ2n) is 3.41. The Balaban J connectivity index is 2.74. The third-order valence-corrected chi connectivity index (χ3v) is 2.67. The topological polar surface area (TPSA) is 72.2 Å². The molecular formula is C10H16N2O2S. The van der Waals surface area contributed by atoms with Gasteiger partial charge in [-0.2, -0.15) is 0 Å². The highest BCUT2D eigenvalue weighted by atomic mass is 32.2. The van der Waals surface area contributed by atoms with Gasteiger partial charge in [0, 0.05) is 6.54 Å². The molecule has 1 aromatic rings. The van der Waals surface area contributed by atoms with E-state index in [1.807, 2.05) is 25.1 Å². The lowest BCUT2D eigenvalue weighted by Crippen LogP contribution is -2.15. The van der Waals surface area contributed by atoms with E-state index in [0.29, 0.717) is 0 Å². The molecule has 0 spiro atoms. The van der Waals surface area contributed by atoms with Gasteiger partial charge in [0.2, 0.25) is 10.0 Å². The van der Waals surface area contributed by atoms with Crippen LogP contribution in [0.1, 0.15) is 18.1 Å². The summed E-state index contributed by atoms with van der Waals surface area (Å²) in [7, 11) is -3.43. The first-order valence-electron chi connectivity index (χ1n) is 4.80. The van der Waals surface area contributed by atoms with Crippen molar-refractivity contribution in [2.45, 2.75) is 19.2 Å². The summed E-state index contributed by atoms with van der Waals surface area (Å²) in [4.78, 5) is 0. The normalized spacial score (nSPS) is 11.6. The predicted molar refractivity (Wildman–Crippen MR) is 60.6 cm³/mol. The lowest BCUT2D eigenvalue weighted by Gasteiger charge is -2.04. The maximum atomic E-state index is 10.9. The number of nitrogens with one attached hydrogen (secondary N) is 1. The van der Waals surface area contributed by atoms with Gasteiger partial charge in [-0.1, -0.05) is 31.2 Å². The summed E-state index contributed by atoms with van der Waals surface area (Å²) in [5.74, 6) is -0.104. The zero-order valence-corrected chi connectivity index (χ0v) is 9.55. The number of hydrogen-bond donors (Lipinski definition) is 2. The van der Waals surface area contributed by atoms with Crippen molar-refractivity contribution in [3.63, 3.8) is 0 Å². The third-order valence-electron chi connectivity index (χ3n) is 1.94. The molecule has 0 aliphatic heterocycles. The molecule has 0 amide bonds. The van der Waals surface area contributed by atoms with Gasteiger partial charge in [0.15, 0.2) is 0 Å². The molecule has 0 fully saturated rings. The van der Waals surface area contributed by atoms with Crippen molar-refractivity contribution in [1.29, 1.82) is 0 Å². The van der Waals surface area contributed by atoms with Crippen molar-refractivity contribution < 1.29 is 8.42 Å². The Morgan fingerprint density at radius 1 is 1.33 bits per heavy atom. The van der Waals surface area contributed by atoms with E-state index in [4.69, 9.17) is 5.14 Å². The van der Waals surface area contributed by atoms with E-state index in [2.05, 4.69) is 5.32 Å². The van der Waals surface area contributed by atoms with Crippen LogP contribution in [0.2, 0.25) is 0 Å². The fourth-order valence-electron chi connectivity index (χ4n) is 1.33. The molecule has 0 radical (unpaired) electrons. The molecule has 0 heterocycles. The summed E-state index contributed by atoms with van der Waals surface area (Å²) in [6, 6.07) is 7.41. The molecule has 84 valence electrons. The van der Waals surface area contributed by atoms with Crippen LogP contribution in [0.25, 0.3) is 0 Å². The SMILES string of the molecule is CCNCc1cccc(CS(N)(=O)=O)c1. The number of primary sulfonamides is 1. The largest absolute Gasteiger partial charge is 0.313 e. The van der Waals surface area contributed by atoms with Gasteiger partial charge in [0.25, 0.3) is 0 Å². The minimum Gasteiger partial charge on any atom is -0.313 e. The zero-order chi connectivity index (χ0) is 11.3. The summed E-state index contributed by atoms with van der Waals surface area (Å²) < 4.78 is 21.8. The van der Waals surface area contributed by atoms with Crippen LogP contribution in [0.5, 0.6) is 0 Å². The highest BCUT2D eigenvalue weighted by Gasteiger charge is 2.04. The number of sulfonamides is 1. The van der Waals surface area contributed by atoms with Gasteiger partial charge >= 0.3 is 0 Å². The lowest BCUT2D eigenvalue weighted by molar-refractivity contribution is 0.597. The second-order valence-corrected chi connectivity index (χ2v) is 5.02. The highest BCUT2D eigenvalue weighted by molar-refractivity contribution is 7.88. The zero-order valence-electron chi connectivity index (χ0n) is 8.73. The highest BCUT2D eigenvalue weighted by Crippen LogP contribution is 2.07. The van der Waals surface area contributed by atoms with Gasteiger partial charge in [-0.15, -0.1) is 0 Å². The monoisotopic (exact) mass is 228 g/mol. The van der Waals surface area contributed by atoms with Crippen LogP contribution in [-0.2, 0) is 22.3 Å². The van der Waals surface area contributed by atoms with Crippen molar-refractivity contribution in [2.75, 3.05) is 6.54 Å². The molecule has 1 aromatic carbocycles. The van der Waals surface area contributed by atoms with Crippen LogP contribution in [0, 0.1) is 0 Å². The lowest BCUT2D eigenvalue weighted by atomic mass is 10.1. The van der Waals surface area contributed by atoms with Crippen molar-refractivity contribution in [3.8, 4) is 0 Å². The van der Waals surface area contributed by atoms with Crippen LogP contribution in [0.15, 0.2) is 24.3 Å².